The lowest BCUT2D eigenvalue weighted by atomic mass is 10.0. The zero-order valence-electron chi connectivity index (χ0n) is 12.4. The quantitative estimate of drug-likeness (QED) is 0.488. The van der Waals surface area contributed by atoms with Gasteiger partial charge in [-0.1, -0.05) is 0 Å². The molecule has 3 amide bonds. The van der Waals surface area contributed by atoms with Crippen molar-refractivity contribution in [1.82, 2.24) is 10.2 Å². The van der Waals surface area contributed by atoms with E-state index >= 15 is 0 Å². The maximum Gasteiger partial charge on any atom is 0.416 e. The highest BCUT2D eigenvalue weighted by Crippen LogP contribution is 2.39. The Morgan fingerprint density at radius 2 is 1.92 bits per heavy atom. The molecule has 0 radical (unpaired) electrons. The highest BCUT2D eigenvalue weighted by Gasteiger charge is 2.44. The van der Waals surface area contributed by atoms with Crippen molar-refractivity contribution >= 4 is 23.4 Å². The zero-order chi connectivity index (χ0) is 18.5. The Morgan fingerprint density at radius 1 is 1.24 bits per heavy atom. The Kier molecular flexibility index (Phi) is 3.73. The molecule has 1 aromatic rings. The monoisotopic (exact) mass is 357 g/mol. The molecule has 0 aliphatic carbocycles. The number of halogens is 3. The van der Waals surface area contributed by atoms with Crippen molar-refractivity contribution < 1.29 is 32.5 Å². The maximum absolute atomic E-state index is 12.9. The number of benzene rings is 1. The van der Waals surface area contributed by atoms with E-state index < -0.39 is 51.7 Å². The Bertz CT molecular complexity index is 821. The normalized spacial score (nSPS) is 20.5. The average molecular weight is 357 g/mol. The molecular weight excluding hydrogens is 347 g/mol. The van der Waals surface area contributed by atoms with E-state index in [1.165, 1.54) is 0 Å². The molecule has 1 saturated heterocycles. The number of nitrogens with one attached hydrogen (secondary N) is 1. The van der Waals surface area contributed by atoms with Crippen LogP contribution in [0.25, 0.3) is 0 Å². The van der Waals surface area contributed by atoms with Crippen LogP contribution in [0.4, 0.5) is 18.9 Å². The highest BCUT2D eigenvalue weighted by atomic mass is 19.4. The van der Waals surface area contributed by atoms with Gasteiger partial charge in [-0.15, -0.1) is 0 Å². The minimum atomic E-state index is -4.86. The molecule has 1 N–H and O–H groups in total. The third kappa shape index (κ3) is 2.81. The summed E-state index contributed by atoms with van der Waals surface area (Å²) in [5.74, 6) is -2.18. The van der Waals surface area contributed by atoms with Crippen LogP contribution in [0.2, 0.25) is 0 Å². The second kappa shape index (κ2) is 5.53. The van der Waals surface area contributed by atoms with Crippen molar-refractivity contribution in [2.75, 3.05) is 0 Å². The van der Waals surface area contributed by atoms with Crippen LogP contribution in [0.15, 0.2) is 12.1 Å². The van der Waals surface area contributed by atoms with E-state index in [-0.39, 0.29) is 24.9 Å². The van der Waals surface area contributed by atoms with E-state index in [1.54, 1.807) is 0 Å². The van der Waals surface area contributed by atoms with Gasteiger partial charge in [0.05, 0.1) is 28.2 Å². The highest BCUT2D eigenvalue weighted by molar-refractivity contribution is 6.06. The van der Waals surface area contributed by atoms with Gasteiger partial charge in [0.25, 0.3) is 11.6 Å². The number of hydrogen-bond acceptors (Lipinski definition) is 5. The smallest absolute Gasteiger partial charge is 0.322 e. The molecule has 25 heavy (non-hydrogen) atoms. The summed E-state index contributed by atoms with van der Waals surface area (Å²) in [5.41, 5.74) is -2.76. The van der Waals surface area contributed by atoms with Gasteiger partial charge in [-0.2, -0.15) is 13.2 Å². The fourth-order valence-corrected chi connectivity index (χ4v) is 2.97. The predicted molar refractivity (Wildman–Crippen MR) is 74.1 cm³/mol. The molecule has 0 saturated carbocycles. The Labute approximate surface area is 137 Å². The van der Waals surface area contributed by atoms with E-state index in [9.17, 15) is 37.7 Å². The lowest BCUT2D eigenvalue weighted by Gasteiger charge is -2.29. The van der Waals surface area contributed by atoms with Gasteiger partial charge >= 0.3 is 6.18 Å². The first-order valence-corrected chi connectivity index (χ1v) is 7.12. The molecule has 11 heteroatoms. The number of alkyl halides is 3. The number of hydrogen-bond donors (Lipinski definition) is 1. The minimum Gasteiger partial charge on any atom is -0.322 e. The van der Waals surface area contributed by atoms with Crippen LogP contribution in [0.3, 0.4) is 0 Å². The van der Waals surface area contributed by atoms with Crippen molar-refractivity contribution in [3.63, 3.8) is 0 Å². The Morgan fingerprint density at radius 3 is 2.48 bits per heavy atom. The van der Waals surface area contributed by atoms with Crippen LogP contribution >= 0.6 is 0 Å². The first-order valence-electron chi connectivity index (χ1n) is 7.12. The van der Waals surface area contributed by atoms with E-state index in [0.717, 1.165) is 4.90 Å². The summed E-state index contributed by atoms with van der Waals surface area (Å²) in [6.07, 6.45) is -4.89. The number of carbonyl (C=O) groups is 3. The molecule has 1 unspecified atom stereocenters. The van der Waals surface area contributed by atoms with Gasteiger partial charge in [0.2, 0.25) is 11.8 Å². The molecule has 8 nitrogen and oxygen atoms in total. The lowest BCUT2D eigenvalue weighted by Crippen LogP contribution is -2.52. The van der Waals surface area contributed by atoms with Crippen LogP contribution in [0.5, 0.6) is 0 Å². The molecule has 1 fully saturated rings. The molecule has 0 bridgehead atoms. The van der Waals surface area contributed by atoms with Crippen molar-refractivity contribution in [2.24, 2.45) is 0 Å². The second-order valence-corrected chi connectivity index (χ2v) is 5.68. The molecule has 2 heterocycles. The molecule has 1 atom stereocenters. The van der Waals surface area contributed by atoms with Crippen LogP contribution in [-0.2, 0) is 22.3 Å². The predicted octanol–water partition coefficient (Wildman–Crippen LogP) is 1.37. The second-order valence-electron chi connectivity index (χ2n) is 5.68. The fraction of sp³-hybridized carbons (Fsp3) is 0.357. The molecule has 2 aliphatic heterocycles. The standard InChI is InChI=1S/C14H10F3N3O5/c15-14(16,17)6-3-7-8(10(4-6)20(24)25)5-19(13(7)23)9-1-2-11(21)18-12(9)22/h3-4,9H,1-2,5H2,(H,18,21,22). The SMILES string of the molecule is O=C1CCC(N2Cc3c(cc(C(F)(F)F)cc3[N+](=O)[O-])C2=O)C(=O)N1. The van der Waals surface area contributed by atoms with Gasteiger partial charge in [0, 0.05) is 12.5 Å². The maximum atomic E-state index is 12.9. The van der Waals surface area contributed by atoms with Crippen LogP contribution in [0, 0.1) is 10.1 Å². The number of nitrogens with zero attached hydrogens (tertiary/aromatic N) is 2. The largest absolute Gasteiger partial charge is 0.416 e. The number of fused-ring (bicyclic) bond motifs is 1. The number of nitro groups is 1. The lowest BCUT2D eigenvalue weighted by molar-refractivity contribution is -0.385. The number of imide groups is 1. The molecule has 132 valence electrons. The third-order valence-electron chi connectivity index (χ3n) is 4.16. The topological polar surface area (TPSA) is 110 Å². The van der Waals surface area contributed by atoms with Crippen molar-refractivity contribution in [3.8, 4) is 0 Å². The van der Waals surface area contributed by atoms with Gasteiger partial charge in [0.1, 0.15) is 6.04 Å². The van der Waals surface area contributed by atoms with Crippen molar-refractivity contribution in [1.29, 1.82) is 0 Å². The van der Waals surface area contributed by atoms with Crippen LogP contribution < -0.4 is 5.32 Å². The number of carbonyl (C=O) groups excluding carboxylic acids is 3. The third-order valence-corrected chi connectivity index (χ3v) is 4.16. The van der Waals surface area contributed by atoms with E-state index in [1.807, 2.05) is 5.32 Å². The summed E-state index contributed by atoms with van der Waals surface area (Å²) in [6.45, 7) is -0.366. The summed E-state index contributed by atoms with van der Waals surface area (Å²) in [6, 6.07) is -0.136. The Hall–Kier alpha value is -2.98. The van der Waals surface area contributed by atoms with Gasteiger partial charge in [-0.05, 0) is 12.5 Å². The number of nitro benzene ring substituents is 1. The van der Waals surface area contributed by atoms with Crippen molar-refractivity contribution in [2.45, 2.75) is 31.6 Å². The molecule has 0 aromatic heterocycles. The molecule has 3 rings (SSSR count). The molecular formula is C14H10F3N3O5. The van der Waals surface area contributed by atoms with Gasteiger partial charge in [0.15, 0.2) is 0 Å². The first-order chi connectivity index (χ1) is 11.6. The number of amides is 3. The summed E-state index contributed by atoms with van der Waals surface area (Å²) >= 11 is 0. The Balaban J connectivity index is 2.03. The number of piperidine rings is 1. The number of rotatable bonds is 2. The zero-order valence-corrected chi connectivity index (χ0v) is 12.4. The molecule has 0 spiro atoms. The van der Waals surface area contributed by atoms with Gasteiger partial charge in [-0.3, -0.25) is 29.8 Å². The summed E-state index contributed by atoms with van der Waals surface area (Å²) in [5, 5.41) is 13.2. The average Bonchev–Trinajstić information content (AvgIpc) is 2.82. The van der Waals surface area contributed by atoms with Crippen molar-refractivity contribution in [3.05, 3.63) is 38.9 Å². The van der Waals surface area contributed by atoms with Gasteiger partial charge < -0.3 is 4.90 Å². The van der Waals surface area contributed by atoms with E-state index in [0.29, 0.717) is 12.1 Å². The fourth-order valence-electron chi connectivity index (χ4n) is 2.97. The molecule has 1 aromatic carbocycles. The summed E-state index contributed by atoms with van der Waals surface area (Å²) in [7, 11) is 0. The van der Waals surface area contributed by atoms with E-state index in [2.05, 4.69) is 0 Å². The first kappa shape index (κ1) is 16.9. The minimum absolute atomic E-state index is 0.00429. The van der Waals surface area contributed by atoms with E-state index in [4.69, 9.17) is 0 Å². The summed E-state index contributed by atoms with van der Waals surface area (Å²) < 4.78 is 38.8. The van der Waals surface area contributed by atoms with Crippen LogP contribution in [0.1, 0.15) is 34.3 Å². The van der Waals surface area contributed by atoms with Crippen LogP contribution in [-0.4, -0.2) is 33.6 Å². The molecule has 2 aliphatic rings. The summed E-state index contributed by atoms with van der Waals surface area (Å²) in [4.78, 5) is 46.6. The van der Waals surface area contributed by atoms with Gasteiger partial charge in [-0.25, -0.2) is 0 Å².